The molecular formula is C57H71F7N8O11. The van der Waals surface area contributed by atoms with E-state index in [0.717, 1.165) is 69.3 Å². The molecule has 1 aromatic carbocycles. The van der Waals surface area contributed by atoms with E-state index in [0.29, 0.717) is 71.3 Å². The van der Waals surface area contributed by atoms with Crippen molar-refractivity contribution in [2.24, 2.45) is 17.8 Å². The fraction of sp³-hybridized carbons (Fsp3) is 0.614. The van der Waals surface area contributed by atoms with Gasteiger partial charge < -0.3 is 55.2 Å². The van der Waals surface area contributed by atoms with E-state index in [-0.39, 0.29) is 104 Å². The molecule has 5 aliphatic rings. The van der Waals surface area contributed by atoms with Crippen LogP contribution in [0.4, 0.5) is 36.4 Å². The normalized spacial score (nSPS) is 26.4. The summed E-state index contributed by atoms with van der Waals surface area (Å²) in [6.45, 7) is -0.461. The monoisotopic (exact) mass is 1180 g/mol. The van der Waals surface area contributed by atoms with Gasteiger partial charge in [0.05, 0.1) is 44.0 Å². The second kappa shape index (κ2) is 28.4. The van der Waals surface area contributed by atoms with Crippen LogP contribution in [-0.4, -0.2) is 145 Å². The predicted molar refractivity (Wildman–Crippen MR) is 282 cm³/mol. The molecule has 3 saturated carbocycles. The van der Waals surface area contributed by atoms with Gasteiger partial charge in [-0.15, -0.1) is 0 Å². The maximum absolute atomic E-state index is 14.8. The predicted octanol–water partition coefficient (Wildman–Crippen LogP) is 6.97. The SMILES string of the molecule is C[C@H]1[C@@H](c2ccc(F)c(F)c2OC(F)F)[C@H](C(=O)Nc2ccnc(C(=O)NCCOCCNC(=O)C3CCC(NC(=O)CCCOC4CCC(OCCNC(=O)[C@H]5CC(=O)N(C6CC6)[C@@H]5c5cccnc5)CC4)CC3)c2)O[C@@]1(C)C(F)(F)F. The van der Waals surface area contributed by atoms with Crippen LogP contribution in [-0.2, 0) is 42.9 Å². The summed E-state index contributed by atoms with van der Waals surface area (Å²) in [5.74, 6) is -11.3. The lowest BCUT2D eigenvalue weighted by atomic mass is 9.77. The minimum Gasteiger partial charge on any atom is -0.431 e. The first kappa shape index (κ1) is 62.5. The molecule has 4 heterocycles. The zero-order valence-corrected chi connectivity index (χ0v) is 46.2. The van der Waals surface area contributed by atoms with Crippen LogP contribution >= 0.6 is 0 Å². The van der Waals surface area contributed by atoms with Crippen LogP contribution in [0.15, 0.2) is 55.0 Å². The van der Waals surface area contributed by atoms with Gasteiger partial charge in [0, 0.05) is 98.8 Å². The number of nitrogens with one attached hydrogen (secondary N) is 5. The molecule has 19 nitrogen and oxygen atoms in total. The van der Waals surface area contributed by atoms with Crippen molar-refractivity contribution in [1.29, 1.82) is 0 Å². The van der Waals surface area contributed by atoms with Crippen molar-refractivity contribution in [3.63, 3.8) is 0 Å². The number of aromatic nitrogens is 2. The third-order valence-corrected chi connectivity index (χ3v) is 16.3. The minimum absolute atomic E-state index is 0.00158. The van der Waals surface area contributed by atoms with E-state index in [2.05, 4.69) is 41.3 Å². The number of likely N-dealkylation sites (tertiary alicyclic amines) is 1. The van der Waals surface area contributed by atoms with Crippen molar-refractivity contribution >= 4 is 41.1 Å². The molecule has 5 N–H and O–H groups in total. The van der Waals surface area contributed by atoms with Gasteiger partial charge in [-0.2, -0.15) is 26.3 Å². The highest BCUT2D eigenvalue weighted by molar-refractivity contribution is 5.98. The average molecular weight is 1180 g/mol. The number of halogens is 7. The fourth-order valence-electron chi connectivity index (χ4n) is 11.6. The van der Waals surface area contributed by atoms with E-state index in [1.807, 2.05) is 17.0 Å². The summed E-state index contributed by atoms with van der Waals surface area (Å²) in [6, 6.07) is 7.20. The van der Waals surface area contributed by atoms with E-state index in [9.17, 15) is 59.5 Å². The number of pyridine rings is 2. The van der Waals surface area contributed by atoms with Crippen molar-refractivity contribution in [2.45, 2.75) is 158 Å². The molecule has 0 radical (unpaired) electrons. The van der Waals surface area contributed by atoms with Crippen LogP contribution < -0.4 is 31.3 Å². The van der Waals surface area contributed by atoms with Gasteiger partial charge in [-0.3, -0.25) is 38.7 Å². The molecule has 3 aromatic rings. The van der Waals surface area contributed by atoms with Crippen LogP contribution in [0.3, 0.4) is 0 Å². The van der Waals surface area contributed by atoms with E-state index in [4.69, 9.17) is 18.9 Å². The van der Waals surface area contributed by atoms with E-state index < -0.39 is 77.0 Å². The number of ether oxygens (including phenoxy) is 5. The maximum atomic E-state index is 14.8. The van der Waals surface area contributed by atoms with Crippen molar-refractivity contribution in [2.75, 3.05) is 51.4 Å². The van der Waals surface area contributed by atoms with Gasteiger partial charge in [-0.05, 0) is 107 Å². The summed E-state index contributed by atoms with van der Waals surface area (Å²) in [4.78, 5) is 88.5. The van der Waals surface area contributed by atoms with Crippen LogP contribution in [0.25, 0.3) is 0 Å². The highest BCUT2D eigenvalue weighted by Crippen LogP contribution is 2.55. The number of nitrogens with zero attached hydrogens (tertiary/aromatic N) is 3. The second-order valence-corrected chi connectivity index (χ2v) is 21.9. The van der Waals surface area contributed by atoms with Crippen LogP contribution in [0.1, 0.15) is 131 Å². The summed E-state index contributed by atoms with van der Waals surface area (Å²) in [7, 11) is 0. The summed E-state index contributed by atoms with van der Waals surface area (Å²) < 4.78 is 126. The molecule has 6 atom stereocenters. The number of carbonyl (C=O) groups is 6. The van der Waals surface area contributed by atoms with E-state index in [1.54, 1.807) is 12.4 Å². The summed E-state index contributed by atoms with van der Waals surface area (Å²) >= 11 is 0. The standard InChI is InChI=1S/C57H71F7N8O11/c1-32-46(40-17-18-42(58)47(59)49(40)82-55(60)61)50(83-56(32,2)57(62,63)64)54(78)71-36-19-21-66-43(29-36)53(77)69-23-27-79-26-22-67-51(75)33-7-9-35(10-8-33)70-44(73)6-4-25-80-38-13-15-39(16-14-38)81-28-24-68-52(76)41-30-45(74)72(37-11-12-37)48(41)34-5-3-20-65-31-34/h3,5,17-21,29,31-33,35,37-39,41,46,48,50,55H,4,6-16,22-28,30H2,1-2H3,(H,67,75)(H,68,76)(H,69,77)(H,70,73)(H,66,71,78)/t32-,33?,35?,38?,39?,41-,46-,48+,50+,56+/m0/s1. The van der Waals surface area contributed by atoms with Gasteiger partial charge in [0.25, 0.3) is 11.8 Å². The Balaban J connectivity index is 0.649. The lowest BCUT2D eigenvalue weighted by Gasteiger charge is -2.32. The molecule has 454 valence electrons. The lowest BCUT2D eigenvalue weighted by molar-refractivity contribution is -0.272. The number of anilines is 1. The first-order chi connectivity index (χ1) is 39.7. The molecule has 2 aliphatic heterocycles. The first-order valence-corrected chi connectivity index (χ1v) is 28.3. The number of alkyl halides is 5. The number of benzene rings is 1. The van der Waals surface area contributed by atoms with E-state index >= 15 is 0 Å². The third kappa shape index (κ3) is 16.0. The zero-order valence-electron chi connectivity index (χ0n) is 46.2. The highest BCUT2D eigenvalue weighted by Gasteiger charge is 2.66. The van der Waals surface area contributed by atoms with Crippen LogP contribution in [0.5, 0.6) is 5.75 Å². The van der Waals surface area contributed by atoms with Gasteiger partial charge in [0.2, 0.25) is 29.4 Å². The lowest BCUT2D eigenvalue weighted by Crippen LogP contribution is -2.47. The Kier molecular flexibility index (Phi) is 21.4. The smallest absolute Gasteiger partial charge is 0.417 e. The molecule has 6 amide bonds. The van der Waals surface area contributed by atoms with Gasteiger partial charge in [-0.25, -0.2) is 4.39 Å². The third-order valence-electron chi connectivity index (χ3n) is 16.3. The van der Waals surface area contributed by atoms with Crippen molar-refractivity contribution in [3.05, 3.63) is 83.4 Å². The molecule has 0 unspecified atom stereocenters. The molecule has 8 rings (SSSR count). The Morgan fingerprint density at radius 2 is 1.49 bits per heavy atom. The summed E-state index contributed by atoms with van der Waals surface area (Å²) in [5.41, 5.74) is -3.16. The van der Waals surface area contributed by atoms with Crippen LogP contribution in [0.2, 0.25) is 0 Å². The van der Waals surface area contributed by atoms with Crippen molar-refractivity contribution in [1.82, 2.24) is 36.1 Å². The topological polar surface area (TPSA) is 238 Å². The van der Waals surface area contributed by atoms with Gasteiger partial charge in [-0.1, -0.05) is 19.1 Å². The van der Waals surface area contributed by atoms with E-state index in [1.165, 1.54) is 6.07 Å². The summed E-state index contributed by atoms with van der Waals surface area (Å²) in [6.07, 6.45) is 6.37. The molecule has 26 heteroatoms. The summed E-state index contributed by atoms with van der Waals surface area (Å²) in [5, 5.41) is 13.9. The molecule has 5 fully saturated rings. The Labute approximate surface area is 475 Å². The molecular weight excluding hydrogens is 1110 g/mol. The molecule has 2 saturated heterocycles. The van der Waals surface area contributed by atoms with Gasteiger partial charge in [0.15, 0.2) is 17.2 Å². The average Bonchev–Trinajstić information content (AvgIpc) is 3.41. The Hall–Kier alpha value is -6.51. The number of carbonyl (C=O) groups excluding carboxylic acids is 6. The molecule has 0 spiro atoms. The first-order valence-electron chi connectivity index (χ1n) is 28.3. The Bertz CT molecular complexity index is 2730. The molecule has 3 aliphatic carbocycles. The Morgan fingerprint density at radius 1 is 0.819 bits per heavy atom. The maximum Gasteiger partial charge on any atom is 0.417 e. The van der Waals surface area contributed by atoms with Crippen LogP contribution in [0, 0.1) is 29.4 Å². The highest BCUT2D eigenvalue weighted by atomic mass is 19.4. The van der Waals surface area contributed by atoms with Gasteiger partial charge in [0.1, 0.15) is 11.8 Å². The second-order valence-electron chi connectivity index (χ2n) is 21.9. The van der Waals surface area contributed by atoms with Crippen molar-refractivity contribution in [3.8, 4) is 5.75 Å². The molecule has 2 aromatic heterocycles. The van der Waals surface area contributed by atoms with Crippen molar-refractivity contribution < 1.29 is 83.2 Å². The van der Waals surface area contributed by atoms with Gasteiger partial charge >= 0.3 is 12.8 Å². The number of amides is 6. The fourth-order valence-corrected chi connectivity index (χ4v) is 11.6. The quantitative estimate of drug-likeness (QED) is 0.0404. The number of rotatable bonds is 26. The Morgan fingerprint density at radius 3 is 2.16 bits per heavy atom. The number of hydrogen-bond donors (Lipinski definition) is 5. The number of hydrogen-bond acceptors (Lipinski definition) is 13. The molecule has 0 bridgehead atoms. The zero-order chi connectivity index (χ0) is 59.4. The minimum atomic E-state index is -5.11. The molecule has 83 heavy (non-hydrogen) atoms. The largest absolute Gasteiger partial charge is 0.431 e.